The van der Waals surface area contributed by atoms with Gasteiger partial charge in [0.1, 0.15) is 17.3 Å². The highest BCUT2D eigenvalue weighted by molar-refractivity contribution is 5.90. The fourth-order valence-electron chi connectivity index (χ4n) is 4.24. The highest BCUT2D eigenvalue weighted by atomic mass is 19.4. The minimum absolute atomic E-state index is 0.0181. The molecular weight excluding hydrogens is 521 g/mol. The molecule has 1 amide bonds. The SMILES string of the molecule is O=C(c1nnc(-c2ccn(C(F)F)n2)o1)N1CCc2[nH]cnc2[C@@H]1c1cc2c(OC(F)(F)F)cccn2n1. The fourth-order valence-corrected chi connectivity index (χ4v) is 4.24. The summed E-state index contributed by atoms with van der Waals surface area (Å²) in [6.07, 6.45) is -0.650. The van der Waals surface area contributed by atoms with Crippen LogP contribution in [0.3, 0.4) is 0 Å². The summed E-state index contributed by atoms with van der Waals surface area (Å²) in [5.74, 6) is -1.89. The van der Waals surface area contributed by atoms with Crippen molar-refractivity contribution >= 4 is 11.4 Å². The van der Waals surface area contributed by atoms with Gasteiger partial charge in [-0.3, -0.25) is 4.79 Å². The number of imidazole rings is 1. The minimum atomic E-state index is -4.92. The lowest BCUT2D eigenvalue weighted by molar-refractivity contribution is -0.274. The van der Waals surface area contributed by atoms with Crippen LogP contribution < -0.4 is 4.74 Å². The summed E-state index contributed by atoms with van der Waals surface area (Å²) in [7, 11) is 0. The fraction of sp³-hybridized carbons (Fsp3) is 0.238. The van der Waals surface area contributed by atoms with Crippen molar-refractivity contribution in [2.75, 3.05) is 6.54 Å². The topological polar surface area (TPSA) is 132 Å². The van der Waals surface area contributed by atoms with Crippen LogP contribution in [-0.4, -0.2) is 63.3 Å². The Balaban J connectivity index is 1.37. The molecule has 0 fully saturated rings. The number of nitrogens with one attached hydrogen (secondary N) is 1. The smallest absolute Gasteiger partial charge is 0.411 e. The summed E-state index contributed by atoms with van der Waals surface area (Å²) in [6, 6.07) is 4.15. The van der Waals surface area contributed by atoms with Crippen LogP contribution in [-0.2, 0) is 6.42 Å². The van der Waals surface area contributed by atoms with Gasteiger partial charge in [-0.2, -0.15) is 19.0 Å². The van der Waals surface area contributed by atoms with Crippen molar-refractivity contribution in [3.05, 3.63) is 66.0 Å². The number of aromatic nitrogens is 8. The number of hydrogen-bond acceptors (Lipinski definition) is 8. The van der Waals surface area contributed by atoms with Crippen LogP contribution in [0.4, 0.5) is 22.0 Å². The van der Waals surface area contributed by atoms with Crippen molar-refractivity contribution in [3.8, 4) is 17.3 Å². The van der Waals surface area contributed by atoms with Gasteiger partial charge in [0.05, 0.1) is 17.7 Å². The molecule has 38 heavy (non-hydrogen) atoms. The molecule has 0 unspecified atom stereocenters. The molecule has 6 rings (SSSR count). The molecule has 0 spiro atoms. The predicted molar refractivity (Wildman–Crippen MR) is 114 cm³/mol. The maximum absolute atomic E-state index is 13.5. The lowest BCUT2D eigenvalue weighted by Gasteiger charge is -2.32. The first-order valence-corrected chi connectivity index (χ1v) is 10.9. The second-order valence-corrected chi connectivity index (χ2v) is 8.11. The summed E-state index contributed by atoms with van der Waals surface area (Å²) >= 11 is 0. The van der Waals surface area contributed by atoms with Gasteiger partial charge in [-0.25, -0.2) is 14.2 Å². The van der Waals surface area contributed by atoms with Gasteiger partial charge in [0.25, 0.3) is 5.89 Å². The Labute approximate surface area is 207 Å². The first-order valence-electron chi connectivity index (χ1n) is 10.9. The summed E-state index contributed by atoms with van der Waals surface area (Å²) in [4.78, 5) is 22.1. The number of alkyl halides is 5. The van der Waals surface area contributed by atoms with E-state index >= 15 is 0 Å². The van der Waals surface area contributed by atoms with E-state index in [9.17, 15) is 26.7 Å². The molecule has 1 aliphatic heterocycles. The second kappa shape index (κ2) is 8.63. The number of pyridine rings is 1. The molecule has 1 N–H and O–H groups in total. The Kier molecular flexibility index (Phi) is 5.35. The molecule has 0 aliphatic carbocycles. The molecule has 0 aromatic carbocycles. The van der Waals surface area contributed by atoms with E-state index in [2.05, 4.69) is 35.1 Å². The third-order valence-electron chi connectivity index (χ3n) is 5.81. The standard InChI is InChI=1S/C21H14F5N9O3/c22-20(23)35-7-4-11(31-35)17-29-30-18(37-17)19(36)33-6-3-10-15(28-9-27-10)16(33)12-8-13-14(38-21(24,25)26)2-1-5-34(13)32-12/h1-2,4-5,7-9,16,20H,3,6H2,(H,27,28)/t16-/m0/s1. The molecule has 0 saturated carbocycles. The van der Waals surface area contributed by atoms with Crippen molar-refractivity contribution in [1.29, 1.82) is 0 Å². The normalized spacial score (nSPS) is 15.8. The Morgan fingerprint density at radius 3 is 2.79 bits per heavy atom. The van der Waals surface area contributed by atoms with Gasteiger partial charge in [-0.1, -0.05) is 0 Å². The molecular formula is C21H14F5N9O3. The van der Waals surface area contributed by atoms with E-state index in [4.69, 9.17) is 4.42 Å². The maximum Gasteiger partial charge on any atom is 0.573 e. The summed E-state index contributed by atoms with van der Waals surface area (Å²) in [6.45, 7) is -2.73. The summed E-state index contributed by atoms with van der Waals surface area (Å²) in [5.41, 5.74) is 1.32. The van der Waals surface area contributed by atoms with Gasteiger partial charge in [0.15, 0.2) is 5.75 Å². The van der Waals surface area contributed by atoms with E-state index in [1.165, 1.54) is 40.1 Å². The predicted octanol–water partition coefficient (Wildman–Crippen LogP) is 3.39. The lowest BCUT2D eigenvalue weighted by Crippen LogP contribution is -2.41. The average molecular weight is 535 g/mol. The third-order valence-corrected chi connectivity index (χ3v) is 5.81. The first kappa shape index (κ1) is 23.6. The van der Waals surface area contributed by atoms with Crippen LogP contribution in [0.2, 0.25) is 0 Å². The van der Waals surface area contributed by atoms with Crippen molar-refractivity contribution in [2.24, 2.45) is 0 Å². The number of H-pyrrole nitrogens is 1. The number of aromatic amines is 1. The maximum atomic E-state index is 13.5. The molecule has 1 aliphatic rings. The number of fused-ring (bicyclic) bond motifs is 2. The molecule has 12 nitrogen and oxygen atoms in total. The molecule has 6 heterocycles. The zero-order chi connectivity index (χ0) is 26.6. The average Bonchev–Trinajstić information content (AvgIpc) is 3.66. The van der Waals surface area contributed by atoms with Crippen LogP contribution >= 0.6 is 0 Å². The summed E-state index contributed by atoms with van der Waals surface area (Å²) in [5, 5.41) is 15.5. The van der Waals surface area contributed by atoms with Crippen LogP contribution in [0.5, 0.6) is 5.75 Å². The Morgan fingerprint density at radius 2 is 2.03 bits per heavy atom. The molecule has 5 aromatic heterocycles. The second-order valence-electron chi connectivity index (χ2n) is 8.11. The quantitative estimate of drug-likeness (QED) is 0.339. The van der Waals surface area contributed by atoms with Crippen molar-refractivity contribution in [2.45, 2.75) is 25.4 Å². The van der Waals surface area contributed by atoms with Gasteiger partial charge in [-0.15, -0.1) is 23.4 Å². The molecule has 0 bridgehead atoms. The first-order chi connectivity index (χ1) is 18.2. The van der Waals surface area contributed by atoms with Gasteiger partial charge in [-0.05, 0) is 24.3 Å². The molecule has 1 atom stereocenters. The Bertz CT molecular complexity index is 1640. The van der Waals surface area contributed by atoms with Gasteiger partial charge < -0.3 is 19.0 Å². The van der Waals surface area contributed by atoms with E-state index in [1.54, 1.807) is 0 Å². The highest BCUT2D eigenvalue weighted by Gasteiger charge is 2.39. The zero-order valence-electron chi connectivity index (χ0n) is 18.8. The van der Waals surface area contributed by atoms with Crippen LogP contribution in [0, 0.1) is 0 Å². The Morgan fingerprint density at radius 1 is 1.18 bits per heavy atom. The molecule has 17 heteroatoms. The lowest BCUT2D eigenvalue weighted by atomic mass is 9.99. The van der Waals surface area contributed by atoms with Gasteiger partial charge in [0.2, 0.25) is 0 Å². The number of rotatable bonds is 5. The number of carbonyl (C=O) groups excluding carboxylic acids is 1. The summed E-state index contributed by atoms with van der Waals surface area (Å²) < 4.78 is 75.6. The number of hydrogen-bond donors (Lipinski definition) is 1. The largest absolute Gasteiger partial charge is 0.573 e. The molecule has 196 valence electrons. The number of ether oxygens (including phenoxy) is 1. The van der Waals surface area contributed by atoms with Crippen LogP contribution in [0.15, 0.2) is 47.4 Å². The van der Waals surface area contributed by atoms with E-state index in [0.717, 1.165) is 12.3 Å². The van der Waals surface area contributed by atoms with Crippen molar-refractivity contribution < 1.29 is 35.9 Å². The number of carbonyl (C=O) groups is 1. The third kappa shape index (κ3) is 4.10. The van der Waals surface area contributed by atoms with E-state index in [1.807, 2.05) is 0 Å². The van der Waals surface area contributed by atoms with E-state index < -0.39 is 36.5 Å². The molecule has 5 aromatic rings. The minimum Gasteiger partial charge on any atom is -0.411 e. The molecule has 0 radical (unpaired) electrons. The highest BCUT2D eigenvalue weighted by Crippen LogP contribution is 2.36. The number of amides is 1. The van der Waals surface area contributed by atoms with E-state index in [-0.39, 0.29) is 29.3 Å². The molecule has 0 saturated heterocycles. The monoisotopic (exact) mass is 535 g/mol. The van der Waals surface area contributed by atoms with Gasteiger partial charge >= 0.3 is 24.7 Å². The van der Waals surface area contributed by atoms with E-state index in [0.29, 0.717) is 22.5 Å². The number of nitrogens with zero attached hydrogens (tertiary/aromatic N) is 8. The van der Waals surface area contributed by atoms with Crippen LogP contribution in [0.25, 0.3) is 17.1 Å². The van der Waals surface area contributed by atoms with Crippen molar-refractivity contribution in [3.63, 3.8) is 0 Å². The zero-order valence-corrected chi connectivity index (χ0v) is 18.8. The van der Waals surface area contributed by atoms with Crippen molar-refractivity contribution in [1.82, 2.24) is 44.5 Å². The van der Waals surface area contributed by atoms with Crippen LogP contribution in [0.1, 0.15) is 40.4 Å². The Hall–Kier alpha value is -4.83. The van der Waals surface area contributed by atoms with Gasteiger partial charge in [0, 0.05) is 31.1 Å². The number of halogens is 5.